The van der Waals surface area contributed by atoms with Crippen LogP contribution in [0.5, 0.6) is 0 Å². The van der Waals surface area contributed by atoms with E-state index in [0.29, 0.717) is 6.04 Å². The Morgan fingerprint density at radius 1 is 1.62 bits per heavy atom. The summed E-state index contributed by atoms with van der Waals surface area (Å²) in [5.41, 5.74) is 0. The summed E-state index contributed by atoms with van der Waals surface area (Å²) >= 11 is 0. The highest BCUT2D eigenvalue weighted by Gasteiger charge is 2.22. The lowest BCUT2D eigenvalue weighted by atomic mass is 10.2. The summed E-state index contributed by atoms with van der Waals surface area (Å²) in [4.78, 5) is 2.22. The van der Waals surface area contributed by atoms with Crippen LogP contribution in [0, 0.1) is 0 Å². The van der Waals surface area contributed by atoms with Crippen LogP contribution in [0.15, 0.2) is 0 Å². The predicted molar refractivity (Wildman–Crippen MR) is 51.8 cm³/mol. The highest BCUT2D eigenvalue weighted by Crippen LogP contribution is 2.06. The minimum absolute atomic E-state index is 0.152. The molecule has 0 radical (unpaired) electrons. The zero-order chi connectivity index (χ0) is 9.68. The Morgan fingerprint density at radius 2 is 2.38 bits per heavy atom. The fraction of sp³-hybridized carbons (Fsp3) is 1.00. The summed E-state index contributed by atoms with van der Waals surface area (Å²) in [5.74, 6) is 0. The average molecular weight is 188 g/mol. The third-order valence-corrected chi connectivity index (χ3v) is 2.41. The number of hydrogen-bond donors (Lipinski definition) is 2. The van der Waals surface area contributed by atoms with Gasteiger partial charge in [-0.1, -0.05) is 0 Å². The molecule has 2 N–H and O–H groups in total. The Kier molecular flexibility index (Phi) is 4.66. The first-order chi connectivity index (χ1) is 6.22. The first kappa shape index (κ1) is 10.9. The van der Waals surface area contributed by atoms with Crippen molar-refractivity contribution in [3.8, 4) is 0 Å². The van der Waals surface area contributed by atoms with E-state index in [0.717, 1.165) is 32.7 Å². The largest absolute Gasteiger partial charge is 0.392 e. The van der Waals surface area contributed by atoms with E-state index < -0.39 is 0 Å². The second-order valence-corrected chi connectivity index (χ2v) is 3.75. The number of β-amino-alcohol motifs (C(OH)–C–C–N with tert-alkyl or cyclic N) is 1. The first-order valence-corrected chi connectivity index (χ1v) is 4.81. The number of methoxy groups -OCH3 is 1. The lowest BCUT2D eigenvalue weighted by molar-refractivity contribution is 0.154. The van der Waals surface area contributed by atoms with Crippen molar-refractivity contribution in [3.05, 3.63) is 0 Å². The number of rotatable bonds is 5. The lowest BCUT2D eigenvalue weighted by Crippen LogP contribution is -2.36. The third kappa shape index (κ3) is 4.04. The molecule has 0 bridgehead atoms. The Bertz CT molecular complexity index is 144. The maximum absolute atomic E-state index is 9.28. The van der Waals surface area contributed by atoms with Crippen LogP contribution in [0.4, 0.5) is 0 Å². The Morgan fingerprint density at radius 3 is 2.92 bits per heavy atom. The Balaban J connectivity index is 2.09. The number of nitrogens with zero attached hydrogens (tertiary/aromatic N) is 1. The minimum atomic E-state index is -0.152. The predicted octanol–water partition coefficient (Wildman–Crippen LogP) is -0.713. The number of nitrogens with one attached hydrogen (secondary N) is 1. The van der Waals surface area contributed by atoms with E-state index in [1.54, 1.807) is 7.11 Å². The summed E-state index contributed by atoms with van der Waals surface area (Å²) in [7, 11) is 3.79. The molecule has 1 rings (SSSR count). The molecule has 0 aliphatic carbocycles. The Hall–Kier alpha value is -0.160. The minimum Gasteiger partial charge on any atom is -0.392 e. The van der Waals surface area contributed by atoms with Gasteiger partial charge in [-0.05, 0) is 13.5 Å². The van der Waals surface area contributed by atoms with Crippen LogP contribution in [0.2, 0.25) is 0 Å². The molecule has 0 aromatic carbocycles. The molecule has 0 saturated carbocycles. The molecule has 0 spiro atoms. The van der Waals surface area contributed by atoms with Gasteiger partial charge in [-0.15, -0.1) is 0 Å². The zero-order valence-corrected chi connectivity index (χ0v) is 8.49. The molecule has 1 heterocycles. The van der Waals surface area contributed by atoms with E-state index in [4.69, 9.17) is 4.74 Å². The first-order valence-electron chi connectivity index (χ1n) is 4.81. The maximum Gasteiger partial charge on any atom is 0.0680 e. The molecule has 2 unspecified atom stereocenters. The quantitative estimate of drug-likeness (QED) is 0.598. The monoisotopic (exact) mass is 188 g/mol. The van der Waals surface area contributed by atoms with Crippen LogP contribution in [0.1, 0.15) is 6.42 Å². The van der Waals surface area contributed by atoms with E-state index in [1.165, 1.54) is 0 Å². The lowest BCUT2D eigenvalue weighted by Gasteiger charge is -2.20. The molecular weight excluding hydrogens is 168 g/mol. The molecule has 1 fully saturated rings. The van der Waals surface area contributed by atoms with Crippen molar-refractivity contribution in [1.82, 2.24) is 10.2 Å². The molecule has 0 aromatic rings. The van der Waals surface area contributed by atoms with Gasteiger partial charge >= 0.3 is 0 Å². The van der Waals surface area contributed by atoms with Crippen molar-refractivity contribution in [2.75, 3.05) is 40.4 Å². The van der Waals surface area contributed by atoms with Gasteiger partial charge in [-0.3, -0.25) is 0 Å². The van der Waals surface area contributed by atoms with Gasteiger partial charge in [-0.2, -0.15) is 0 Å². The van der Waals surface area contributed by atoms with Crippen LogP contribution in [-0.2, 0) is 4.74 Å². The Labute approximate surface area is 79.9 Å². The van der Waals surface area contributed by atoms with E-state index in [-0.39, 0.29) is 6.10 Å². The van der Waals surface area contributed by atoms with E-state index in [1.807, 2.05) is 0 Å². The molecule has 0 amide bonds. The van der Waals surface area contributed by atoms with Crippen LogP contribution in [0.3, 0.4) is 0 Å². The van der Waals surface area contributed by atoms with Crippen LogP contribution >= 0.6 is 0 Å². The van der Waals surface area contributed by atoms with Crippen molar-refractivity contribution in [1.29, 1.82) is 0 Å². The number of likely N-dealkylation sites (N-methyl/N-ethyl adjacent to an activating group) is 1. The highest BCUT2D eigenvalue weighted by molar-refractivity contribution is 4.82. The molecule has 1 aliphatic rings. The SMILES string of the molecule is COCCN(C)CC1CC(O)CN1. The molecular formula is C9H20N2O2. The summed E-state index contributed by atoms with van der Waals surface area (Å²) in [6.07, 6.45) is 0.720. The number of aliphatic hydroxyl groups is 1. The van der Waals surface area contributed by atoms with Crippen molar-refractivity contribution in [2.45, 2.75) is 18.6 Å². The molecule has 4 heteroatoms. The summed E-state index contributed by atoms with van der Waals surface area (Å²) in [6, 6.07) is 0.442. The maximum atomic E-state index is 9.28. The normalized spacial score (nSPS) is 28.6. The van der Waals surface area contributed by atoms with Gasteiger partial charge in [0.1, 0.15) is 0 Å². The van der Waals surface area contributed by atoms with Gasteiger partial charge < -0.3 is 20.1 Å². The van der Waals surface area contributed by atoms with Gasteiger partial charge in [0, 0.05) is 32.8 Å². The van der Waals surface area contributed by atoms with Gasteiger partial charge in [0.25, 0.3) is 0 Å². The van der Waals surface area contributed by atoms with Gasteiger partial charge in [0.2, 0.25) is 0 Å². The van der Waals surface area contributed by atoms with Crippen LogP contribution < -0.4 is 5.32 Å². The zero-order valence-electron chi connectivity index (χ0n) is 8.49. The molecule has 78 valence electrons. The van der Waals surface area contributed by atoms with Gasteiger partial charge in [0.15, 0.2) is 0 Å². The van der Waals surface area contributed by atoms with E-state index in [9.17, 15) is 5.11 Å². The number of ether oxygens (including phenoxy) is 1. The van der Waals surface area contributed by atoms with Gasteiger partial charge in [0.05, 0.1) is 12.7 Å². The molecule has 13 heavy (non-hydrogen) atoms. The van der Waals surface area contributed by atoms with Crippen LogP contribution in [-0.4, -0.2) is 62.6 Å². The fourth-order valence-corrected chi connectivity index (χ4v) is 1.65. The van der Waals surface area contributed by atoms with E-state index in [2.05, 4.69) is 17.3 Å². The van der Waals surface area contributed by atoms with Gasteiger partial charge in [-0.25, -0.2) is 0 Å². The summed E-state index contributed by atoms with van der Waals surface area (Å²) < 4.78 is 4.99. The molecule has 2 atom stereocenters. The van der Waals surface area contributed by atoms with Crippen molar-refractivity contribution < 1.29 is 9.84 Å². The number of aliphatic hydroxyl groups excluding tert-OH is 1. The van der Waals surface area contributed by atoms with Crippen molar-refractivity contribution in [2.24, 2.45) is 0 Å². The fourth-order valence-electron chi connectivity index (χ4n) is 1.65. The van der Waals surface area contributed by atoms with Crippen LogP contribution in [0.25, 0.3) is 0 Å². The summed E-state index contributed by atoms with van der Waals surface area (Å²) in [6.45, 7) is 3.44. The smallest absolute Gasteiger partial charge is 0.0680 e. The standard InChI is InChI=1S/C9H20N2O2/c1-11(3-4-13-2)7-8-5-9(12)6-10-8/h8-10,12H,3-7H2,1-2H3. The second kappa shape index (κ2) is 5.54. The molecule has 1 saturated heterocycles. The average Bonchev–Trinajstić information content (AvgIpc) is 2.48. The summed E-state index contributed by atoms with van der Waals surface area (Å²) in [5, 5.41) is 12.6. The number of hydrogen-bond acceptors (Lipinski definition) is 4. The van der Waals surface area contributed by atoms with Crippen molar-refractivity contribution in [3.63, 3.8) is 0 Å². The van der Waals surface area contributed by atoms with E-state index >= 15 is 0 Å². The van der Waals surface area contributed by atoms with Crippen molar-refractivity contribution >= 4 is 0 Å². The topological polar surface area (TPSA) is 44.7 Å². The molecule has 4 nitrogen and oxygen atoms in total. The molecule has 1 aliphatic heterocycles. The molecule has 0 aromatic heterocycles. The third-order valence-electron chi connectivity index (χ3n) is 2.41. The highest BCUT2D eigenvalue weighted by atomic mass is 16.5. The second-order valence-electron chi connectivity index (χ2n) is 3.75.